The van der Waals surface area contributed by atoms with Gasteiger partial charge in [0.05, 0.1) is 6.04 Å². The lowest BCUT2D eigenvalue weighted by molar-refractivity contribution is 0.213. The first-order valence-corrected chi connectivity index (χ1v) is 11.3. The summed E-state index contributed by atoms with van der Waals surface area (Å²) in [5, 5.41) is 0. The quantitative estimate of drug-likeness (QED) is 0.405. The van der Waals surface area contributed by atoms with E-state index in [9.17, 15) is 0 Å². The minimum absolute atomic E-state index is 0.570. The number of unbranched alkanes of at least 4 members (excludes halogenated alkanes) is 2. The zero-order valence-corrected chi connectivity index (χ0v) is 17.3. The van der Waals surface area contributed by atoms with Gasteiger partial charge in [0.1, 0.15) is 0 Å². The van der Waals surface area contributed by atoms with Gasteiger partial charge < -0.3 is 9.80 Å². The van der Waals surface area contributed by atoms with E-state index < -0.39 is 0 Å². The largest absolute Gasteiger partial charge is 0.346 e. The zero-order valence-electron chi connectivity index (χ0n) is 17.3. The van der Waals surface area contributed by atoms with E-state index in [0.29, 0.717) is 6.04 Å². The summed E-state index contributed by atoms with van der Waals surface area (Å²) < 4.78 is 0. The molecule has 0 amide bonds. The topological polar surface area (TPSA) is 18.8 Å². The Kier molecular flexibility index (Phi) is 9.72. The van der Waals surface area contributed by atoms with E-state index >= 15 is 0 Å². The van der Waals surface area contributed by atoms with Gasteiger partial charge in [0, 0.05) is 26.2 Å². The second kappa shape index (κ2) is 11.8. The highest BCUT2D eigenvalue weighted by molar-refractivity contribution is 5.80. The molecule has 2 saturated carbocycles. The number of hydrogen-bond donors (Lipinski definition) is 0. The van der Waals surface area contributed by atoms with Crippen LogP contribution in [0.15, 0.2) is 4.99 Å². The van der Waals surface area contributed by atoms with E-state index in [-0.39, 0.29) is 0 Å². The predicted molar refractivity (Wildman–Crippen MR) is 110 cm³/mol. The van der Waals surface area contributed by atoms with E-state index in [1.165, 1.54) is 102 Å². The maximum Gasteiger partial charge on any atom is 0.196 e. The standard InChI is InChI=1S/C22H43N3/c1-4-6-18-24(3)22(23-20-14-10-8-11-15-20)25(19-7-5-2)21-16-12-9-13-17-21/h20-21H,4-19H2,1-3H3. The van der Waals surface area contributed by atoms with Crippen LogP contribution in [-0.4, -0.2) is 48.0 Å². The maximum absolute atomic E-state index is 5.39. The summed E-state index contributed by atoms with van der Waals surface area (Å²) in [5.74, 6) is 1.33. The molecule has 0 aromatic carbocycles. The Hall–Kier alpha value is -0.730. The van der Waals surface area contributed by atoms with Crippen molar-refractivity contribution in [1.82, 2.24) is 9.80 Å². The van der Waals surface area contributed by atoms with Crippen molar-refractivity contribution < 1.29 is 0 Å². The van der Waals surface area contributed by atoms with E-state index in [0.717, 1.165) is 12.6 Å². The maximum atomic E-state index is 5.39. The molecule has 0 atom stereocenters. The Labute approximate surface area is 157 Å². The van der Waals surface area contributed by atoms with Crippen molar-refractivity contribution in [3.63, 3.8) is 0 Å². The zero-order chi connectivity index (χ0) is 17.9. The van der Waals surface area contributed by atoms with Gasteiger partial charge in [0.15, 0.2) is 5.96 Å². The summed E-state index contributed by atoms with van der Waals surface area (Å²) in [6.45, 7) is 6.96. The molecular weight excluding hydrogens is 306 g/mol. The van der Waals surface area contributed by atoms with Gasteiger partial charge in [-0.1, -0.05) is 65.2 Å². The van der Waals surface area contributed by atoms with Crippen LogP contribution in [0.4, 0.5) is 0 Å². The fourth-order valence-electron chi connectivity index (χ4n) is 4.43. The molecule has 0 unspecified atom stereocenters. The van der Waals surface area contributed by atoms with Crippen molar-refractivity contribution in [1.29, 1.82) is 0 Å². The first-order valence-electron chi connectivity index (χ1n) is 11.3. The molecular formula is C22H43N3. The van der Waals surface area contributed by atoms with Crippen LogP contribution in [0.25, 0.3) is 0 Å². The van der Waals surface area contributed by atoms with Gasteiger partial charge in [-0.2, -0.15) is 0 Å². The molecule has 0 heterocycles. The molecule has 0 aliphatic heterocycles. The van der Waals surface area contributed by atoms with Crippen molar-refractivity contribution in [2.45, 2.75) is 116 Å². The molecule has 0 aromatic rings. The lowest BCUT2D eigenvalue weighted by Gasteiger charge is -2.40. The summed E-state index contributed by atoms with van der Waals surface area (Å²) in [4.78, 5) is 10.6. The number of hydrogen-bond acceptors (Lipinski definition) is 1. The Bertz CT molecular complexity index is 367. The van der Waals surface area contributed by atoms with Crippen LogP contribution < -0.4 is 0 Å². The second-order valence-corrected chi connectivity index (χ2v) is 8.33. The third-order valence-corrected chi connectivity index (χ3v) is 6.09. The minimum atomic E-state index is 0.570. The first kappa shape index (κ1) is 20.6. The Morgan fingerprint density at radius 3 is 1.96 bits per heavy atom. The third-order valence-electron chi connectivity index (χ3n) is 6.09. The monoisotopic (exact) mass is 349 g/mol. The van der Waals surface area contributed by atoms with Gasteiger partial charge in [-0.25, -0.2) is 4.99 Å². The van der Waals surface area contributed by atoms with Crippen molar-refractivity contribution in [2.75, 3.05) is 20.1 Å². The average molecular weight is 350 g/mol. The van der Waals surface area contributed by atoms with E-state index in [1.54, 1.807) is 0 Å². The SMILES string of the molecule is CCCCN(C)C(=NC1CCCCC1)N(CCCC)C1CCCCC1. The van der Waals surface area contributed by atoms with Crippen LogP contribution in [0.3, 0.4) is 0 Å². The Morgan fingerprint density at radius 1 is 0.800 bits per heavy atom. The highest BCUT2D eigenvalue weighted by Gasteiger charge is 2.27. The Morgan fingerprint density at radius 2 is 1.36 bits per heavy atom. The van der Waals surface area contributed by atoms with Gasteiger partial charge in [0.2, 0.25) is 0 Å². The molecule has 2 aliphatic carbocycles. The van der Waals surface area contributed by atoms with Crippen LogP contribution >= 0.6 is 0 Å². The summed E-state index contributed by atoms with van der Waals surface area (Å²) in [6.07, 6.45) is 18.8. The molecule has 0 N–H and O–H groups in total. The number of nitrogens with zero attached hydrogens (tertiary/aromatic N) is 3. The molecule has 25 heavy (non-hydrogen) atoms. The highest BCUT2D eigenvalue weighted by atomic mass is 15.4. The second-order valence-electron chi connectivity index (χ2n) is 8.33. The van der Waals surface area contributed by atoms with Crippen molar-refractivity contribution in [3.05, 3.63) is 0 Å². The highest BCUT2D eigenvalue weighted by Crippen LogP contribution is 2.26. The lowest BCUT2D eigenvalue weighted by atomic mass is 9.94. The Balaban J connectivity index is 2.17. The van der Waals surface area contributed by atoms with Crippen LogP contribution in [-0.2, 0) is 0 Å². The predicted octanol–water partition coefficient (Wildman–Crippen LogP) is 5.84. The minimum Gasteiger partial charge on any atom is -0.346 e. The lowest BCUT2D eigenvalue weighted by Crippen LogP contribution is -2.50. The number of rotatable bonds is 8. The third kappa shape index (κ3) is 6.83. The number of guanidine groups is 1. The van der Waals surface area contributed by atoms with E-state index in [2.05, 4.69) is 30.7 Å². The van der Waals surface area contributed by atoms with Crippen molar-refractivity contribution in [3.8, 4) is 0 Å². The molecule has 146 valence electrons. The normalized spacial score (nSPS) is 20.7. The summed E-state index contributed by atoms with van der Waals surface area (Å²) in [5.41, 5.74) is 0. The molecule has 3 nitrogen and oxygen atoms in total. The molecule has 2 rings (SSSR count). The van der Waals surface area contributed by atoms with Gasteiger partial charge in [0.25, 0.3) is 0 Å². The first-order chi connectivity index (χ1) is 12.3. The fraction of sp³-hybridized carbons (Fsp3) is 0.955. The van der Waals surface area contributed by atoms with E-state index in [4.69, 9.17) is 4.99 Å². The summed E-state index contributed by atoms with van der Waals surface area (Å²) in [7, 11) is 2.29. The fourth-order valence-corrected chi connectivity index (χ4v) is 4.43. The van der Waals surface area contributed by atoms with Gasteiger partial charge in [-0.05, 0) is 38.5 Å². The van der Waals surface area contributed by atoms with Crippen LogP contribution in [0.2, 0.25) is 0 Å². The smallest absolute Gasteiger partial charge is 0.196 e. The van der Waals surface area contributed by atoms with Gasteiger partial charge in [-0.3, -0.25) is 0 Å². The number of aliphatic imine (C=N–C) groups is 1. The molecule has 2 aliphatic rings. The van der Waals surface area contributed by atoms with Crippen LogP contribution in [0, 0.1) is 0 Å². The summed E-state index contributed by atoms with van der Waals surface area (Å²) in [6, 6.07) is 1.30. The molecule has 0 aromatic heterocycles. The van der Waals surface area contributed by atoms with Gasteiger partial charge in [-0.15, -0.1) is 0 Å². The van der Waals surface area contributed by atoms with Crippen molar-refractivity contribution >= 4 is 5.96 Å². The van der Waals surface area contributed by atoms with E-state index in [1.807, 2.05) is 0 Å². The average Bonchev–Trinajstić information content (AvgIpc) is 2.67. The molecule has 0 saturated heterocycles. The van der Waals surface area contributed by atoms with Gasteiger partial charge >= 0.3 is 0 Å². The van der Waals surface area contributed by atoms with Crippen molar-refractivity contribution in [2.24, 2.45) is 4.99 Å². The molecule has 2 fully saturated rings. The molecule has 3 heteroatoms. The van der Waals surface area contributed by atoms with Crippen LogP contribution in [0.1, 0.15) is 104 Å². The molecule has 0 bridgehead atoms. The summed E-state index contributed by atoms with van der Waals surface area (Å²) >= 11 is 0. The molecule has 0 spiro atoms. The molecule has 0 radical (unpaired) electrons. The van der Waals surface area contributed by atoms with Crippen LogP contribution in [0.5, 0.6) is 0 Å².